The molecule has 0 N–H and O–H groups in total. The third-order valence-corrected chi connectivity index (χ3v) is 7.20. The van der Waals surface area contributed by atoms with E-state index in [2.05, 4.69) is 18.4 Å². The van der Waals surface area contributed by atoms with Crippen LogP contribution in [0.1, 0.15) is 29.8 Å². The second-order valence-corrected chi connectivity index (χ2v) is 9.29. The predicted octanol–water partition coefficient (Wildman–Crippen LogP) is 1.31. The third-order valence-electron chi connectivity index (χ3n) is 4.60. The van der Waals surface area contributed by atoms with Gasteiger partial charge in [-0.15, -0.1) is 11.3 Å². The summed E-state index contributed by atoms with van der Waals surface area (Å²) in [4.78, 5) is 18.0. The number of hydrogen-bond acceptors (Lipinski definition) is 5. The average Bonchev–Trinajstić information content (AvgIpc) is 2.96. The molecule has 0 unspecified atom stereocenters. The van der Waals surface area contributed by atoms with E-state index in [9.17, 15) is 13.2 Å². The first kappa shape index (κ1) is 16.0. The zero-order valence-corrected chi connectivity index (χ0v) is 14.5. The number of hydrogen-bond donors (Lipinski definition) is 0. The van der Waals surface area contributed by atoms with Gasteiger partial charge in [0.05, 0.1) is 24.1 Å². The van der Waals surface area contributed by atoms with E-state index in [1.807, 2.05) is 9.80 Å². The molecule has 5 nitrogen and oxygen atoms in total. The maximum Gasteiger partial charge on any atom is 0.237 e. The molecular formula is C15H22N2O3S2. The van der Waals surface area contributed by atoms with E-state index in [1.165, 1.54) is 10.4 Å². The van der Waals surface area contributed by atoms with E-state index in [4.69, 9.17) is 0 Å². The van der Waals surface area contributed by atoms with Gasteiger partial charge in [0.1, 0.15) is 0 Å². The highest BCUT2D eigenvalue weighted by atomic mass is 32.2. The molecule has 122 valence electrons. The van der Waals surface area contributed by atoms with Crippen LogP contribution in [0.3, 0.4) is 0 Å². The molecule has 0 spiro atoms. The predicted molar refractivity (Wildman–Crippen MR) is 87.9 cm³/mol. The average molecular weight is 342 g/mol. The highest BCUT2D eigenvalue weighted by molar-refractivity contribution is 7.91. The maximum absolute atomic E-state index is 12.7. The number of amides is 1. The van der Waals surface area contributed by atoms with Gasteiger partial charge < -0.3 is 4.90 Å². The topological polar surface area (TPSA) is 57.7 Å². The fraction of sp³-hybridized carbons (Fsp3) is 0.667. The van der Waals surface area contributed by atoms with Crippen molar-refractivity contribution in [3.63, 3.8) is 0 Å². The summed E-state index contributed by atoms with van der Waals surface area (Å²) in [6.45, 7) is 4.18. The first-order chi connectivity index (χ1) is 10.5. The Balaban J connectivity index is 1.65. The summed E-state index contributed by atoms with van der Waals surface area (Å²) in [7, 11) is -2.89. The van der Waals surface area contributed by atoms with Crippen LogP contribution in [0.2, 0.25) is 0 Å². The Bertz CT molecular complexity index is 639. The molecular weight excluding hydrogens is 320 g/mol. The van der Waals surface area contributed by atoms with Crippen LogP contribution in [0.15, 0.2) is 11.4 Å². The lowest BCUT2D eigenvalue weighted by atomic mass is 9.97. The summed E-state index contributed by atoms with van der Waals surface area (Å²) >= 11 is 1.78. The van der Waals surface area contributed by atoms with Crippen LogP contribution >= 0.6 is 11.3 Å². The zero-order chi connectivity index (χ0) is 15.7. The smallest absolute Gasteiger partial charge is 0.237 e. The minimum atomic E-state index is -2.89. The standard InChI is InChI=1S/C15H22N2O3S2/c1-2-13-12-4-8-21-14(12)3-5-17(13)15(18)11-16-6-9-22(19,20)10-7-16/h4,8,13H,2-3,5-7,9-11H2,1H3/t13-/m0/s1. The molecule has 1 aromatic rings. The van der Waals surface area contributed by atoms with Gasteiger partial charge in [-0.2, -0.15) is 0 Å². The Morgan fingerprint density at radius 3 is 2.73 bits per heavy atom. The maximum atomic E-state index is 12.7. The van der Waals surface area contributed by atoms with Crippen LogP contribution < -0.4 is 0 Å². The SMILES string of the molecule is CC[C@H]1c2ccsc2CCN1C(=O)CN1CCS(=O)(=O)CC1. The fourth-order valence-corrected chi connectivity index (χ4v) is 5.53. The lowest BCUT2D eigenvalue weighted by Crippen LogP contribution is -2.48. The van der Waals surface area contributed by atoms with Crippen molar-refractivity contribution in [3.05, 3.63) is 21.9 Å². The normalized spacial score (nSPS) is 25.0. The van der Waals surface area contributed by atoms with Crippen molar-refractivity contribution < 1.29 is 13.2 Å². The number of carbonyl (C=O) groups excluding carboxylic acids is 1. The van der Waals surface area contributed by atoms with Gasteiger partial charge in [-0.25, -0.2) is 8.42 Å². The summed E-state index contributed by atoms with van der Waals surface area (Å²) in [5, 5.41) is 2.11. The van der Waals surface area contributed by atoms with Crippen LogP contribution in [0.4, 0.5) is 0 Å². The van der Waals surface area contributed by atoms with E-state index < -0.39 is 9.84 Å². The lowest BCUT2D eigenvalue weighted by Gasteiger charge is -2.37. The number of sulfone groups is 1. The molecule has 1 atom stereocenters. The summed E-state index contributed by atoms with van der Waals surface area (Å²) in [6.07, 6.45) is 1.85. The molecule has 0 radical (unpaired) electrons. The Kier molecular flexibility index (Phi) is 4.56. The number of rotatable bonds is 3. The molecule has 22 heavy (non-hydrogen) atoms. The molecule has 0 aliphatic carbocycles. The number of carbonyl (C=O) groups is 1. The second-order valence-electron chi connectivity index (χ2n) is 5.99. The van der Waals surface area contributed by atoms with Crippen molar-refractivity contribution in [1.82, 2.24) is 9.80 Å². The van der Waals surface area contributed by atoms with Gasteiger partial charge in [0, 0.05) is 24.5 Å². The van der Waals surface area contributed by atoms with Crippen molar-refractivity contribution in [2.75, 3.05) is 37.7 Å². The Hall–Kier alpha value is -0.920. The quantitative estimate of drug-likeness (QED) is 0.831. The van der Waals surface area contributed by atoms with Gasteiger partial charge in [-0.05, 0) is 29.9 Å². The molecule has 2 aliphatic heterocycles. The molecule has 1 fully saturated rings. The van der Waals surface area contributed by atoms with Gasteiger partial charge in [0.25, 0.3) is 0 Å². The summed E-state index contributed by atoms with van der Waals surface area (Å²) in [6, 6.07) is 2.32. The van der Waals surface area contributed by atoms with Crippen molar-refractivity contribution in [2.45, 2.75) is 25.8 Å². The largest absolute Gasteiger partial charge is 0.334 e. The molecule has 0 bridgehead atoms. The van der Waals surface area contributed by atoms with Crippen LogP contribution in [0, 0.1) is 0 Å². The Labute approximate surface area is 135 Å². The van der Waals surface area contributed by atoms with Gasteiger partial charge in [-0.1, -0.05) is 6.92 Å². The van der Waals surface area contributed by atoms with Crippen LogP contribution in [-0.4, -0.2) is 61.8 Å². The highest BCUT2D eigenvalue weighted by Crippen LogP contribution is 2.35. The first-order valence-corrected chi connectivity index (χ1v) is 10.5. The summed E-state index contributed by atoms with van der Waals surface area (Å²) < 4.78 is 22.9. The van der Waals surface area contributed by atoms with Crippen LogP contribution in [-0.2, 0) is 21.1 Å². The summed E-state index contributed by atoms with van der Waals surface area (Å²) in [5.74, 6) is 0.473. The third kappa shape index (κ3) is 3.21. The van der Waals surface area contributed by atoms with Crippen molar-refractivity contribution in [3.8, 4) is 0 Å². The van der Waals surface area contributed by atoms with E-state index in [0.717, 1.165) is 19.4 Å². The highest BCUT2D eigenvalue weighted by Gasteiger charge is 2.32. The van der Waals surface area contributed by atoms with Gasteiger partial charge >= 0.3 is 0 Å². The second kappa shape index (κ2) is 6.29. The molecule has 3 rings (SSSR count). The van der Waals surface area contributed by atoms with E-state index in [0.29, 0.717) is 19.6 Å². The number of nitrogens with zero attached hydrogens (tertiary/aromatic N) is 2. The van der Waals surface area contributed by atoms with Gasteiger partial charge in [0.15, 0.2) is 9.84 Å². The van der Waals surface area contributed by atoms with Gasteiger partial charge in [0.2, 0.25) is 5.91 Å². The minimum absolute atomic E-state index is 0.128. The van der Waals surface area contributed by atoms with Crippen molar-refractivity contribution in [1.29, 1.82) is 0 Å². The molecule has 1 saturated heterocycles. The molecule has 1 amide bonds. The molecule has 1 aromatic heterocycles. The molecule has 0 saturated carbocycles. The zero-order valence-electron chi connectivity index (χ0n) is 12.8. The Morgan fingerprint density at radius 1 is 1.32 bits per heavy atom. The lowest BCUT2D eigenvalue weighted by molar-refractivity contribution is -0.135. The van der Waals surface area contributed by atoms with Crippen LogP contribution in [0.5, 0.6) is 0 Å². The summed E-state index contributed by atoms with van der Waals surface area (Å²) in [5.41, 5.74) is 1.30. The number of fused-ring (bicyclic) bond motifs is 1. The van der Waals surface area contributed by atoms with E-state index >= 15 is 0 Å². The Morgan fingerprint density at radius 2 is 2.05 bits per heavy atom. The van der Waals surface area contributed by atoms with Crippen molar-refractivity contribution >= 4 is 27.1 Å². The fourth-order valence-electron chi connectivity index (χ4n) is 3.33. The first-order valence-electron chi connectivity index (χ1n) is 7.78. The van der Waals surface area contributed by atoms with E-state index in [1.54, 1.807) is 11.3 Å². The number of thiophene rings is 1. The molecule has 3 heterocycles. The molecule has 0 aromatic carbocycles. The van der Waals surface area contributed by atoms with Crippen LogP contribution in [0.25, 0.3) is 0 Å². The minimum Gasteiger partial charge on any atom is -0.334 e. The molecule has 2 aliphatic rings. The molecule has 7 heteroatoms. The van der Waals surface area contributed by atoms with Crippen molar-refractivity contribution in [2.24, 2.45) is 0 Å². The van der Waals surface area contributed by atoms with Gasteiger partial charge in [-0.3, -0.25) is 9.69 Å². The van der Waals surface area contributed by atoms with E-state index in [-0.39, 0.29) is 23.5 Å². The monoisotopic (exact) mass is 342 g/mol.